The number of pyridine rings is 1. The number of aromatic nitrogens is 2. The highest BCUT2D eigenvalue weighted by atomic mass is 19.1. The van der Waals surface area contributed by atoms with Gasteiger partial charge in [-0.05, 0) is 61.6 Å². The van der Waals surface area contributed by atoms with E-state index < -0.39 is 11.6 Å². The predicted molar refractivity (Wildman–Crippen MR) is 107 cm³/mol. The molecule has 0 aliphatic carbocycles. The highest BCUT2D eigenvalue weighted by Crippen LogP contribution is 2.32. The number of imidazole rings is 1. The summed E-state index contributed by atoms with van der Waals surface area (Å²) in [5.41, 5.74) is 3.69. The predicted octanol–water partition coefficient (Wildman–Crippen LogP) is 4.48. The van der Waals surface area contributed by atoms with Crippen molar-refractivity contribution in [2.75, 3.05) is 0 Å². The molecular weight excluding hydrogens is 355 g/mol. The molecule has 1 aromatic carbocycles. The number of hydrogen-bond acceptors (Lipinski definition) is 3. The van der Waals surface area contributed by atoms with Gasteiger partial charge in [0.1, 0.15) is 17.2 Å². The molecule has 0 bridgehead atoms. The molecule has 142 valence electrons. The number of benzene rings is 1. The number of fused-ring (bicyclic) bond motifs is 1. The minimum Gasteiger partial charge on any atom is -0.303 e. The molecule has 0 aliphatic rings. The van der Waals surface area contributed by atoms with Gasteiger partial charge < -0.3 is 4.40 Å². The Morgan fingerprint density at radius 3 is 2.64 bits per heavy atom. The Hall–Kier alpha value is -3.26. The van der Waals surface area contributed by atoms with Gasteiger partial charge in [0.15, 0.2) is 0 Å². The maximum Gasteiger partial charge on any atom is 0.235 e. The number of ketones is 2. The van der Waals surface area contributed by atoms with Crippen LogP contribution in [-0.2, 0) is 11.2 Å². The lowest BCUT2D eigenvalue weighted by molar-refractivity contribution is -0.118. The van der Waals surface area contributed by atoms with Gasteiger partial charge in [-0.3, -0.25) is 9.59 Å². The molecule has 5 heteroatoms. The van der Waals surface area contributed by atoms with Crippen molar-refractivity contribution in [1.29, 1.82) is 0 Å². The SMILES string of the molecule is C#CC(=O)c1cc(C)c(-c2nc3cc(C)ccn3c2CC(=O)CCC)c(F)c1. The van der Waals surface area contributed by atoms with Gasteiger partial charge in [-0.1, -0.05) is 6.92 Å². The van der Waals surface area contributed by atoms with Gasteiger partial charge in [-0.25, -0.2) is 9.37 Å². The molecule has 2 aromatic heterocycles. The molecule has 0 atom stereocenters. The molecule has 0 amide bonds. The minimum atomic E-state index is -0.581. The summed E-state index contributed by atoms with van der Waals surface area (Å²) < 4.78 is 16.8. The summed E-state index contributed by atoms with van der Waals surface area (Å²) in [4.78, 5) is 28.7. The second kappa shape index (κ2) is 7.77. The first-order valence-corrected chi connectivity index (χ1v) is 9.16. The van der Waals surface area contributed by atoms with Crippen LogP contribution in [0.15, 0.2) is 30.5 Å². The molecule has 3 rings (SSSR count). The summed E-state index contributed by atoms with van der Waals surface area (Å²) in [6.07, 6.45) is 8.37. The Balaban J connectivity index is 2.24. The topological polar surface area (TPSA) is 51.4 Å². The lowest BCUT2D eigenvalue weighted by atomic mass is 9.97. The molecule has 4 nitrogen and oxygen atoms in total. The largest absolute Gasteiger partial charge is 0.303 e. The number of rotatable bonds is 6. The fourth-order valence-electron chi connectivity index (χ4n) is 3.38. The van der Waals surface area contributed by atoms with E-state index in [0.29, 0.717) is 29.0 Å². The number of nitrogens with zero attached hydrogens (tertiary/aromatic N) is 2. The van der Waals surface area contributed by atoms with E-state index in [0.717, 1.165) is 18.1 Å². The van der Waals surface area contributed by atoms with E-state index in [1.807, 2.05) is 42.5 Å². The van der Waals surface area contributed by atoms with E-state index in [2.05, 4.69) is 4.98 Å². The van der Waals surface area contributed by atoms with Crippen molar-refractivity contribution in [3.05, 3.63) is 58.7 Å². The molecular formula is C23H21FN2O2. The number of aryl methyl sites for hydroxylation is 2. The van der Waals surface area contributed by atoms with Crippen molar-refractivity contribution in [3.8, 4) is 23.6 Å². The van der Waals surface area contributed by atoms with Gasteiger partial charge in [0, 0.05) is 30.2 Å². The zero-order chi connectivity index (χ0) is 20.4. The third kappa shape index (κ3) is 3.59. The van der Waals surface area contributed by atoms with Crippen molar-refractivity contribution >= 4 is 17.2 Å². The van der Waals surface area contributed by atoms with E-state index in [4.69, 9.17) is 6.42 Å². The van der Waals surface area contributed by atoms with Crippen LogP contribution in [0.5, 0.6) is 0 Å². The first kappa shape index (κ1) is 19.5. The van der Waals surface area contributed by atoms with Crippen molar-refractivity contribution in [2.45, 2.75) is 40.0 Å². The fraction of sp³-hybridized carbons (Fsp3) is 0.261. The van der Waals surface area contributed by atoms with Crippen LogP contribution in [0.1, 0.15) is 46.9 Å². The molecule has 0 saturated carbocycles. The summed E-state index contributed by atoms with van der Waals surface area (Å²) in [6, 6.07) is 6.51. The summed E-state index contributed by atoms with van der Waals surface area (Å²) in [5.74, 6) is 0.924. The average molecular weight is 376 g/mol. The fourth-order valence-corrected chi connectivity index (χ4v) is 3.38. The number of halogens is 1. The van der Waals surface area contributed by atoms with Gasteiger partial charge in [-0.15, -0.1) is 6.42 Å². The van der Waals surface area contributed by atoms with Crippen LogP contribution < -0.4 is 0 Å². The Morgan fingerprint density at radius 1 is 1.25 bits per heavy atom. The summed E-state index contributed by atoms with van der Waals surface area (Å²) in [5, 5.41) is 0. The van der Waals surface area contributed by atoms with E-state index >= 15 is 4.39 Å². The third-order valence-electron chi connectivity index (χ3n) is 4.69. The van der Waals surface area contributed by atoms with E-state index in [1.165, 1.54) is 0 Å². The molecule has 0 aliphatic heterocycles. The lowest BCUT2D eigenvalue weighted by Crippen LogP contribution is -2.07. The molecule has 0 unspecified atom stereocenters. The minimum absolute atomic E-state index is 0.0725. The van der Waals surface area contributed by atoms with Crippen LogP contribution in [0.2, 0.25) is 0 Å². The maximum atomic E-state index is 15.0. The van der Waals surface area contributed by atoms with Crippen LogP contribution in [0.4, 0.5) is 4.39 Å². The summed E-state index contributed by atoms with van der Waals surface area (Å²) >= 11 is 0. The Morgan fingerprint density at radius 2 is 2.00 bits per heavy atom. The number of carbonyl (C=O) groups excluding carboxylic acids is 2. The second-order valence-corrected chi connectivity index (χ2v) is 6.93. The van der Waals surface area contributed by atoms with Crippen LogP contribution in [0.3, 0.4) is 0 Å². The zero-order valence-corrected chi connectivity index (χ0v) is 16.2. The summed E-state index contributed by atoms with van der Waals surface area (Å²) in [6.45, 7) is 5.60. The monoisotopic (exact) mass is 376 g/mol. The molecule has 0 spiro atoms. The second-order valence-electron chi connectivity index (χ2n) is 6.93. The molecule has 0 fully saturated rings. The quantitative estimate of drug-likeness (QED) is 0.362. The van der Waals surface area contributed by atoms with Crippen molar-refractivity contribution < 1.29 is 14.0 Å². The van der Waals surface area contributed by atoms with E-state index in [-0.39, 0.29) is 23.3 Å². The maximum absolute atomic E-state index is 15.0. The standard InChI is InChI=1S/C23H21FN2O2/c1-5-7-17(27)13-19-23(25-21-10-14(3)8-9-26(19)21)22-15(4)11-16(12-18(22)24)20(28)6-2/h2,8-12H,5,7,13H2,1,3-4H3. The lowest BCUT2D eigenvalue weighted by Gasteiger charge is -2.10. The van der Waals surface area contributed by atoms with E-state index in [1.54, 1.807) is 13.0 Å². The molecule has 0 N–H and O–H groups in total. The van der Waals surface area contributed by atoms with Crippen molar-refractivity contribution in [2.24, 2.45) is 0 Å². The van der Waals surface area contributed by atoms with Gasteiger partial charge in [0.25, 0.3) is 0 Å². The molecule has 0 radical (unpaired) electrons. The summed E-state index contributed by atoms with van der Waals surface area (Å²) in [7, 11) is 0. The number of hydrogen-bond donors (Lipinski definition) is 0. The van der Waals surface area contributed by atoms with Gasteiger partial charge in [0.2, 0.25) is 5.78 Å². The highest BCUT2D eigenvalue weighted by Gasteiger charge is 2.22. The van der Waals surface area contributed by atoms with Crippen LogP contribution in [-0.4, -0.2) is 21.0 Å². The third-order valence-corrected chi connectivity index (χ3v) is 4.69. The highest BCUT2D eigenvalue weighted by molar-refractivity contribution is 6.09. The van der Waals surface area contributed by atoms with Gasteiger partial charge in [-0.2, -0.15) is 0 Å². The van der Waals surface area contributed by atoms with Crippen molar-refractivity contribution in [3.63, 3.8) is 0 Å². The molecule has 2 heterocycles. The number of Topliss-reactive ketones (excluding diaryl/α,β-unsaturated/α-hetero) is 2. The number of carbonyl (C=O) groups is 2. The van der Waals surface area contributed by atoms with Crippen LogP contribution in [0.25, 0.3) is 16.9 Å². The Labute approximate surface area is 163 Å². The molecule has 0 saturated heterocycles. The van der Waals surface area contributed by atoms with Crippen molar-refractivity contribution in [1.82, 2.24) is 9.38 Å². The first-order valence-electron chi connectivity index (χ1n) is 9.16. The molecule has 3 aromatic rings. The van der Waals surface area contributed by atoms with Crippen LogP contribution >= 0.6 is 0 Å². The normalized spacial score (nSPS) is 10.8. The number of terminal acetylenes is 1. The van der Waals surface area contributed by atoms with Gasteiger partial charge in [0.05, 0.1) is 11.4 Å². The Kier molecular flexibility index (Phi) is 5.41. The van der Waals surface area contributed by atoms with Gasteiger partial charge >= 0.3 is 0 Å². The average Bonchev–Trinajstić information content (AvgIpc) is 2.97. The smallest absolute Gasteiger partial charge is 0.235 e. The zero-order valence-electron chi connectivity index (χ0n) is 16.2. The molecule has 28 heavy (non-hydrogen) atoms. The Bertz CT molecular complexity index is 1110. The van der Waals surface area contributed by atoms with E-state index in [9.17, 15) is 9.59 Å². The van der Waals surface area contributed by atoms with Crippen LogP contribution in [0, 0.1) is 32.0 Å². The first-order chi connectivity index (χ1) is 13.3.